The van der Waals surface area contributed by atoms with Gasteiger partial charge in [0.05, 0.1) is 13.2 Å². The first-order valence-electron chi connectivity index (χ1n) is 10.2. The lowest BCUT2D eigenvalue weighted by Crippen LogP contribution is -2.47. The third-order valence-corrected chi connectivity index (χ3v) is 5.77. The average molecular weight is 448 g/mol. The molecule has 2 saturated carbocycles. The van der Waals surface area contributed by atoms with E-state index in [4.69, 9.17) is 10.6 Å². The van der Waals surface area contributed by atoms with Crippen molar-refractivity contribution in [2.45, 2.75) is 45.6 Å². The second kappa shape index (κ2) is 10.2. The predicted molar refractivity (Wildman–Crippen MR) is 115 cm³/mol. The van der Waals surface area contributed by atoms with Crippen molar-refractivity contribution < 1.29 is 9.53 Å². The van der Waals surface area contributed by atoms with E-state index in [9.17, 15) is 4.79 Å². The van der Waals surface area contributed by atoms with Crippen LogP contribution in [0.4, 0.5) is 0 Å². The van der Waals surface area contributed by atoms with Gasteiger partial charge in [0.25, 0.3) is 0 Å². The van der Waals surface area contributed by atoms with Crippen LogP contribution in [0.15, 0.2) is 46.5 Å². The standard InChI is InChI=1S/C22H30BrN3O2/c1-2-28-22(27)20(19(18-10-11-18)14-16-8-9-16)21(25-13-12-23)26(24)15-17-6-4-3-5-7-17/h3-7,12-13,16,18-20H,2,8-11,14-15,24H2,1H3/b13-12+,25-21-. The molecule has 2 fully saturated rings. The number of nitrogens with two attached hydrogens (primary N) is 1. The van der Waals surface area contributed by atoms with Gasteiger partial charge in [-0.3, -0.25) is 9.80 Å². The van der Waals surface area contributed by atoms with Crippen LogP contribution >= 0.6 is 15.9 Å². The van der Waals surface area contributed by atoms with Crippen LogP contribution in [0.2, 0.25) is 0 Å². The summed E-state index contributed by atoms with van der Waals surface area (Å²) in [5, 5.41) is 1.62. The van der Waals surface area contributed by atoms with Gasteiger partial charge < -0.3 is 4.74 Å². The third-order valence-electron chi connectivity index (χ3n) is 5.53. The molecule has 152 valence electrons. The highest BCUT2D eigenvalue weighted by atomic mass is 79.9. The summed E-state index contributed by atoms with van der Waals surface area (Å²) in [4.78, 5) is 19.3. The van der Waals surface area contributed by atoms with E-state index in [2.05, 4.69) is 20.9 Å². The maximum Gasteiger partial charge on any atom is 0.316 e. The fraction of sp³-hybridized carbons (Fsp3) is 0.545. The average Bonchev–Trinajstić information content (AvgIpc) is 3.58. The number of ether oxygens (including phenoxy) is 1. The van der Waals surface area contributed by atoms with Crippen molar-refractivity contribution in [1.82, 2.24) is 5.01 Å². The number of halogens is 1. The Labute approximate surface area is 176 Å². The summed E-state index contributed by atoms with van der Waals surface area (Å²) in [5.41, 5.74) is 1.08. The Morgan fingerprint density at radius 2 is 2.04 bits per heavy atom. The Kier molecular flexibility index (Phi) is 7.68. The minimum atomic E-state index is -0.425. The number of aliphatic imine (C=N–C) groups is 1. The molecule has 2 N–H and O–H groups in total. The highest BCUT2D eigenvalue weighted by Gasteiger charge is 2.46. The number of benzene rings is 1. The zero-order valence-electron chi connectivity index (χ0n) is 16.5. The molecule has 0 heterocycles. The Balaban J connectivity index is 1.89. The zero-order chi connectivity index (χ0) is 19.9. The molecule has 0 spiro atoms. The van der Waals surface area contributed by atoms with Gasteiger partial charge in [-0.25, -0.2) is 10.8 Å². The molecule has 0 bridgehead atoms. The van der Waals surface area contributed by atoms with E-state index >= 15 is 0 Å². The highest BCUT2D eigenvalue weighted by molar-refractivity contribution is 9.11. The van der Waals surface area contributed by atoms with Gasteiger partial charge in [-0.15, -0.1) is 0 Å². The minimum Gasteiger partial charge on any atom is -0.465 e. The first-order valence-corrected chi connectivity index (χ1v) is 11.1. The van der Waals surface area contributed by atoms with Crippen LogP contribution in [0.1, 0.15) is 44.6 Å². The van der Waals surface area contributed by atoms with Crippen molar-refractivity contribution in [3.63, 3.8) is 0 Å². The topological polar surface area (TPSA) is 67.9 Å². The molecule has 0 aromatic heterocycles. The van der Waals surface area contributed by atoms with Crippen molar-refractivity contribution in [1.29, 1.82) is 0 Å². The van der Waals surface area contributed by atoms with Crippen LogP contribution in [0.25, 0.3) is 0 Å². The molecule has 0 aliphatic heterocycles. The Morgan fingerprint density at radius 3 is 2.61 bits per heavy atom. The van der Waals surface area contributed by atoms with Gasteiger partial charge in [-0.1, -0.05) is 59.1 Å². The van der Waals surface area contributed by atoms with Gasteiger partial charge in [-0.2, -0.15) is 0 Å². The maximum atomic E-state index is 13.1. The predicted octanol–water partition coefficient (Wildman–Crippen LogP) is 4.63. The number of hydrogen-bond donors (Lipinski definition) is 1. The first-order chi connectivity index (χ1) is 13.6. The number of amidine groups is 1. The van der Waals surface area contributed by atoms with Gasteiger partial charge in [0.15, 0.2) is 0 Å². The van der Waals surface area contributed by atoms with E-state index in [0.717, 1.165) is 17.9 Å². The van der Waals surface area contributed by atoms with Crippen LogP contribution in [0.3, 0.4) is 0 Å². The molecule has 0 amide bonds. The molecule has 2 unspecified atom stereocenters. The summed E-state index contributed by atoms with van der Waals surface area (Å²) >= 11 is 3.28. The number of nitrogens with zero attached hydrogens (tertiary/aromatic N) is 2. The number of rotatable bonds is 10. The summed E-state index contributed by atoms with van der Waals surface area (Å²) in [7, 11) is 0. The molecule has 6 heteroatoms. The lowest BCUT2D eigenvalue weighted by Gasteiger charge is -2.31. The third kappa shape index (κ3) is 5.92. The largest absolute Gasteiger partial charge is 0.465 e. The molecule has 1 aromatic carbocycles. The van der Waals surface area contributed by atoms with E-state index in [1.165, 1.54) is 25.7 Å². The van der Waals surface area contributed by atoms with Gasteiger partial charge in [-0.05, 0) is 54.5 Å². The summed E-state index contributed by atoms with van der Waals surface area (Å²) in [6.45, 7) is 2.70. The molecule has 5 nitrogen and oxygen atoms in total. The van der Waals surface area contributed by atoms with Crippen molar-refractivity contribution in [2.75, 3.05) is 6.61 Å². The summed E-state index contributed by atoms with van der Waals surface area (Å²) in [6, 6.07) is 10.0. The van der Waals surface area contributed by atoms with E-state index in [1.807, 2.05) is 37.3 Å². The Morgan fingerprint density at radius 1 is 1.32 bits per heavy atom. The van der Waals surface area contributed by atoms with Crippen LogP contribution in [-0.4, -0.2) is 23.4 Å². The van der Waals surface area contributed by atoms with Crippen LogP contribution in [-0.2, 0) is 16.1 Å². The summed E-state index contributed by atoms with van der Waals surface area (Å²) in [6.07, 6.45) is 7.60. The smallest absolute Gasteiger partial charge is 0.316 e. The van der Waals surface area contributed by atoms with E-state index in [0.29, 0.717) is 24.9 Å². The summed E-state index contributed by atoms with van der Waals surface area (Å²) in [5.74, 6) is 7.99. The van der Waals surface area contributed by atoms with E-state index in [-0.39, 0.29) is 11.9 Å². The molecular formula is C22H30BrN3O2. The number of hydrazine groups is 1. The maximum absolute atomic E-state index is 13.1. The summed E-state index contributed by atoms with van der Waals surface area (Å²) < 4.78 is 5.49. The van der Waals surface area contributed by atoms with Crippen LogP contribution in [0.5, 0.6) is 0 Å². The molecule has 3 rings (SSSR count). The molecule has 1 aromatic rings. The molecule has 2 aliphatic rings. The minimum absolute atomic E-state index is 0.203. The van der Waals surface area contributed by atoms with E-state index < -0.39 is 5.92 Å². The molecular weight excluding hydrogens is 418 g/mol. The lowest BCUT2D eigenvalue weighted by atomic mass is 9.82. The SMILES string of the molecule is CCOC(=O)C(/C(=N/C=C/Br)N(N)Cc1ccccc1)C(CC1CC1)C1CC1. The molecule has 2 aliphatic carbocycles. The van der Waals surface area contributed by atoms with Gasteiger partial charge >= 0.3 is 5.97 Å². The lowest BCUT2D eigenvalue weighted by molar-refractivity contribution is -0.147. The van der Waals surface area contributed by atoms with Gasteiger partial charge in [0.2, 0.25) is 0 Å². The molecule has 2 atom stereocenters. The fourth-order valence-corrected chi connectivity index (χ4v) is 3.98. The van der Waals surface area contributed by atoms with E-state index in [1.54, 1.807) is 16.2 Å². The zero-order valence-corrected chi connectivity index (χ0v) is 18.1. The quantitative estimate of drug-likeness (QED) is 0.186. The monoisotopic (exact) mass is 447 g/mol. The second-order valence-corrected chi connectivity index (χ2v) is 8.31. The highest BCUT2D eigenvalue weighted by Crippen LogP contribution is 2.48. The van der Waals surface area contributed by atoms with Crippen molar-refractivity contribution in [3.05, 3.63) is 47.1 Å². The number of hydrogen-bond acceptors (Lipinski definition) is 4. The number of esters is 1. The fourth-order valence-electron chi connectivity index (χ4n) is 3.87. The Bertz CT molecular complexity index is 699. The molecule has 0 radical (unpaired) electrons. The number of carbonyl (C=O) groups is 1. The van der Waals surface area contributed by atoms with Crippen molar-refractivity contribution >= 4 is 27.7 Å². The van der Waals surface area contributed by atoms with Gasteiger partial charge in [0.1, 0.15) is 11.8 Å². The number of carbonyl (C=O) groups excluding carboxylic acids is 1. The molecule has 0 saturated heterocycles. The Hall–Kier alpha value is -1.66. The normalized spacial score (nSPS) is 19.5. The second-order valence-electron chi connectivity index (χ2n) is 7.79. The van der Waals surface area contributed by atoms with Crippen molar-refractivity contribution in [2.24, 2.45) is 34.5 Å². The van der Waals surface area contributed by atoms with Gasteiger partial charge in [0, 0.05) is 6.20 Å². The van der Waals surface area contributed by atoms with Crippen LogP contribution in [0, 0.1) is 23.7 Å². The van der Waals surface area contributed by atoms with Crippen molar-refractivity contribution in [3.8, 4) is 0 Å². The van der Waals surface area contributed by atoms with Crippen LogP contribution < -0.4 is 5.84 Å². The molecule has 28 heavy (non-hydrogen) atoms. The first kappa shape index (κ1) is 21.1.